The van der Waals surface area contributed by atoms with Crippen LogP contribution in [-0.2, 0) is 10.0 Å². The molecule has 0 atom stereocenters. The number of hydrogen-bond donors (Lipinski definition) is 1. The Morgan fingerprint density at radius 1 is 1.25 bits per heavy atom. The topological polar surface area (TPSA) is 82.8 Å². The van der Waals surface area contributed by atoms with Crippen LogP contribution in [0.3, 0.4) is 0 Å². The predicted octanol–water partition coefficient (Wildman–Crippen LogP) is 2.66. The summed E-state index contributed by atoms with van der Waals surface area (Å²) < 4.78 is 40.4. The summed E-state index contributed by atoms with van der Waals surface area (Å²) in [5, 5.41) is 8.87. The van der Waals surface area contributed by atoms with Crippen molar-refractivity contribution in [2.45, 2.75) is 4.90 Å². The number of benzene rings is 1. The normalized spacial score (nSPS) is 10.8. The number of halogens is 2. The van der Waals surface area contributed by atoms with Crippen LogP contribution in [-0.4, -0.2) is 13.4 Å². The maximum absolute atomic E-state index is 13.4. The van der Waals surface area contributed by atoms with Crippen LogP contribution in [0.5, 0.6) is 0 Å². The van der Waals surface area contributed by atoms with E-state index in [1.54, 1.807) is 18.2 Å². The molecular weight excluding hydrogens is 349 g/mol. The number of hydrogen-bond acceptors (Lipinski definition) is 4. The fourth-order valence-electron chi connectivity index (χ4n) is 1.49. The number of nitrogens with zero attached hydrogens (tertiary/aromatic N) is 2. The van der Waals surface area contributed by atoms with E-state index < -0.39 is 26.3 Å². The highest BCUT2D eigenvalue weighted by Crippen LogP contribution is 2.21. The molecule has 20 heavy (non-hydrogen) atoms. The number of rotatable bonds is 3. The maximum atomic E-state index is 13.4. The Hall–Kier alpha value is -1.98. The van der Waals surface area contributed by atoms with Crippen molar-refractivity contribution in [3.05, 3.63) is 52.4 Å². The van der Waals surface area contributed by atoms with Gasteiger partial charge in [-0.05, 0) is 40.2 Å². The molecule has 102 valence electrons. The van der Waals surface area contributed by atoms with Gasteiger partial charge in [-0.15, -0.1) is 0 Å². The Morgan fingerprint density at radius 2 is 1.95 bits per heavy atom. The zero-order chi connectivity index (χ0) is 14.8. The van der Waals surface area contributed by atoms with Gasteiger partial charge in [0.2, 0.25) is 0 Å². The van der Waals surface area contributed by atoms with E-state index in [4.69, 9.17) is 5.26 Å². The number of sulfonamides is 1. The zero-order valence-electron chi connectivity index (χ0n) is 9.84. The maximum Gasteiger partial charge on any atom is 0.264 e. The molecule has 0 unspecified atom stereocenters. The Morgan fingerprint density at radius 3 is 2.60 bits per heavy atom. The van der Waals surface area contributed by atoms with Crippen molar-refractivity contribution in [2.24, 2.45) is 0 Å². The average Bonchev–Trinajstić information content (AvgIpc) is 2.38. The average molecular weight is 356 g/mol. The van der Waals surface area contributed by atoms with Gasteiger partial charge >= 0.3 is 0 Å². The lowest BCUT2D eigenvalue weighted by atomic mass is 10.2. The number of aromatic nitrogens is 1. The van der Waals surface area contributed by atoms with Crippen molar-refractivity contribution in [3.63, 3.8) is 0 Å². The summed E-state index contributed by atoms with van der Waals surface area (Å²) in [5.74, 6) is -0.829. The summed E-state index contributed by atoms with van der Waals surface area (Å²) in [4.78, 5) is 3.48. The summed E-state index contributed by atoms with van der Waals surface area (Å²) in [7, 11) is -4.09. The Bertz CT molecular complexity index is 803. The molecule has 0 fully saturated rings. The molecule has 2 rings (SSSR count). The van der Waals surface area contributed by atoms with Crippen molar-refractivity contribution in [3.8, 4) is 6.07 Å². The smallest absolute Gasteiger partial charge is 0.263 e. The van der Waals surface area contributed by atoms with E-state index in [1.165, 1.54) is 12.1 Å². The molecule has 0 aliphatic heterocycles. The number of nitrogens with one attached hydrogen (secondary N) is 1. The molecule has 0 bridgehead atoms. The van der Waals surface area contributed by atoms with E-state index in [-0.39, 0.29) is 5.82 Å². The van der Waals surface area contributed by atoms with Gasteiger partial charge in [0, 0.05) is 0 Å². The standard InChI is InChI=1S/C12H7BrFN3O2S/c13-11-5-2-6-12(16-11)17-20(18,19)10-4-1-3-9(14)8(10)7-15/h1-6H,(H,16,17). The van der Waals surface area contributed by atoms with Gasteiger partial charge in [-0.3, -0.25) is 4.72 Å². The first kappa shape index (κ1) is 14.4. The number of anilines is 1. The first-order chi connectivity index (χ1) is 9.44. The predicted molar refractivity (Wildman–Crippen MR) is 73.9 cm³/mol. The lowest BCUT2D eigenvalue weighted by molar-refractivity contribution is 0.593. The second kappa shape index (κ2) is 5.56. The Labute approximate surface area is 123 Å². The quantitative estimate of drug-likeness (QED) is 0.858. The minimum atomic E-state index is -4.09. The molecule has 0 spiro atoms. The van der Waals surface area contributed by atoms with Gasteiger partial charge in [-0.1, -0.05) is 12.1 Å². The number of nitriles is 1. The van der Waals surface area contributed by atoms with E-state index in [2.05, 4.69) is 25.6 Å². The molecule has 1 aromatic heterocycles. The van der Waals surface area contributed by atoms with E-state index >= 15 is 0 Å². The molecule has 0 radical (unpaired) electrons. The molecule has 0 saturated carbocycles. The van der Waals surface area contributed by atoms with Gasteiger partial charge in [-0.2, -0.15) is 5.26 Å². The largest absolute Gasteiger partial charge is 0.264 e. The molecule has 0 amide bonds. The highest BCUT2D eigenvalue weighted by atomic mass is 79.9. The second-order valence-corrected chi connectivity index (χ2v) is 6.14. The van der Waals surface area contributed by atoms with Gasteiger partial charge in [0.1, 0.15) is 32.8 Å². The summed E-state index contributed by atoms with van der Waals surface area (Å²) in [6, 6.07) is 9.59. The molecule has 8 heteroatoms. The summed E-state index contributed by atoms with van der Waals surface area (Å²) in [6.07, 6.45) is 0. The van der Waals surface area contributed by atoms with Gasteiger partial charge in [0.05, 0.1) is 0 Å². The molecule has 5 nitrogen and oxygen atoms in total. The Balaban J connectivity index is 2.47. The second-order valence-electron chi connectivity index (χ2n) is 3.68. The van der Waals surface area contributed by atoms with Crippen molar-refractivity contribution in [1.82, 2.24) is 4.98 Å². The molecule has 0 aliphatic rings. The van der Waals surface area contributed by atoms with Crippen LogP contribution in [0.4, 0.5) is 10.2 Å². The van der Waals surface area contributed by atoms with Crippen molar-refractivity contribution in [2.75, 3.05) is 4.72 Å². The summed E-state index contributed by atoms with van der Waals surface area (Å²) >= 11 is 3.11. The molecule has 0 saturated heterocycles. The number of pyridine rings is 1. The van der Waals surface area contributed by atoms with Crippen LogP contribution in [0.1, 0.15) is 5.56 Å². The lowest BCUT2D eigenvalue weighted by Gasteiger charge is -2.09. The minimum absolute atomic E-state index is 0.0625. The molecule has 1 aromatic carbocycles. The first-order valence-electron chi connectivity index (χ1n) is 5.28. The van der Waals surface area contributed by atoms with E-state index in [0.717, 1.165) is 12.1 Å². The summed E-state index contributed by atoms with van der Waals surface area (Å²) in [6.45, 7) is 0. The zero-order valence-corrected chi connectivity index (χ0v) is 12.2. The van der Waals surface area contributed by atoms with Crippen LogP contribution in [0.2, 0.25) is 0 Å². The van der Waals surface area contributed by atoms with Gasteiger partial charge in [0.25, 0.3) is 10.0 Å². The fraction of sp³-hybridized carbons (Fsp3) is 0. The highest BCUT2D eigenvalue weighted by molar-refractivity contribution is 9.10. The van der Waals surface area contributed by atoms with Gasteiger partial charge in [0.15, 0.2) is 0 Å². The van der Waals surface area contributed by atoms with Crippen molar-refractivity contribution < 1.29 is 12.8 Å². The third kappa shape index (κ3) is 2.95. The van der Waals surface area contributed by atoms with E-state index in [9.17, 15) is 12.8 Å². The molecule has 1 N–H and O–H groups in total. The molecule has 1 heterocycles. The SMILES string of the molecule is N#Cc1c(F)cccc1S(=O)(=O)Nc1cccc(Br)n1. The van der Waals surface area contributed by atoms with Crippen LogP contribution in [0, 0.1) is 17.1 Å². The first-order valence-corrected chi connectivity index (χ1v) is 7.55. The third-order valence-electron chi connectivity index (χ3n) is 2.33. The van der Waals surface area contributed by atoms with Crippen LogP contribution in [0.25, 0.3) is 0 Å². The Kier molecular flexibility index (Phi) is 4.01. The fourth-order valence-corrected chi connectivity index (χ4v) is 3.01. The van der Waals surface area contributed by atoms with Crippen molar-refractivity contribution >= 4 is 31.8 Å². The van der Waals surface area contributed by atoms with E-state index in [0.29, 0.717) is 4.60 Å². The molecule has 2 aromatic rings. The highest BCUT2D eigenvalue weighted by Gasteiger charge is 2.21. The van der Waals surface area contributed by atoms with Crippen molar-refractivity contribution in [1.29, 1.82) is 5.26 Å². The third-order valence-corrected chi connectivity index (χ3v) is 4.17. The van der Waals surface area contributed by atoms with Crippen LogP contribution in [0.15, 0.2) is 45.9 Å². The van der Waals surface area contributed by atoms with Gasteiger partial charge < -0.3 is 0 Å². The lowest BCUT2D eigenvalue weighted by Crippen LogP contribution is -2.16. The van der Waals surface area contributed by atoms with E-state index in [1.807, 2.05) is 0 Å². The molecular formula is C12H7BrFN3O2S. The monoisotopic (exact) mass is 355 g/mol. The van der Waals surface area contributed by atoms with Crippen LogP contribution >= 0.6 is 15.9 Å². The summed E-state index contributed by atoms with van der Waals surface area (Å²) in [5.41, 5.74) is -0.532. The molecule has 0 aliphatic carbocycles. The van der Waals surface area contributed by atoms with Crippen LogP contribution < -0.4 is 4.72 Å². The minimum Gasteiger partial charge on any atom is -0.263 e. The van der Waals surface area contributed by atoms with Gasteiger partial charge in [-0.25, -0.2) is 17.8 Å².